The van der Waals surface area contributed by atoms with E-state index in [1.807, 2.05) is 0 Å². The standard InChI is InChI=1S/C13H28N2O/c1-11(14-10-13(2,3)16-5)12-7-6-8-15(4)9-12/h11-12,14H,6-10H2,1-5H3. The molecule has 0 aromatic carbocycles. The lowest BCUT2D eigenvalue weighted by Gasteiger charge is -2.35. The molecule has 2 unspecified atom stereocenters. The van der Waals surface area contributed by atoms with Crippen LogP contribution >= 0.6 is 0 Å². The van der Waals surface area contributed by atoms with Crippen LogP contribution in [-0.2, 0) is 4.74 Å². The molecule has 1 heterocycles. The first-order valence-electron chi connectivity index (χ1n) is 6.42. The molecule has 1 aliphatic rings. The van der Waals surface area contributed by atoms with Gasteiger partial charge in [0.15, 0.2) is 0 Å². The average molecular weight is 228 g/mol. The van der Waals surface area contributed by atoms with E-state index in [1.165, 1.54) is 25.9 Å². The molecule has 96 valence electrons. The number of piperidine rings is 1. The fourth-order valence-electron chi connectivity index (χ4n) is 2.26. The van der Waals surface area contributed by atoms with Crippen molar-refractivity contribution in [3.8, 4) is 0 Å². The second kappa shape index (κ2) is 5.99. The maximum atomic E-state index is 5.42. The van der Waals surface area contributed by atoms with Crippen molar-refractivity contribution in [2.45, 2.75) is 45.3 Å². The highest BCUT2D eigenvalue weighted by Gasteiger charge is 2.24. The highest BCUT2D eigenvalue weighted by Crippen LogP contribution is 2.19. The van der Waals surface area contributed by atoms with Crippen LogP contribution in [0.1, 0.15) is 33.6 Å². The van der Waals surface area contributed by atoms with E-state index < -0.39 is 0 Å². The Morgan fingerprint density at radius 3 is 2.75 bits per heavy atom. The van der Waals surface area contributed by atoms with Crippen molar-refractivity contribution < 1.29 is 4.74 Å². The number of methoxy groups -OCH3 is 1. The van der Waals surface area contributed by atoms with E-state index in [0.29, 0.717) is 6.04 Å². The third-order valence-corrected chi connectivity index (χ3v) is 3.77. The van der Waals surface area contributed by atoms with Gasteiger partial charge in [-0.05, 0) is 53.1 Å². The van der Waals surface area contributed by atoms with Gasteiger partial charge in [0, 0.05) is 26.2 Å². The number of ether oxygens (including phenoxy) is 1. The van der Waals surface area contributed by atoms with Crippen LogP contribution in [0.15, 0.2) is 0 Å². The Bertz CT molecular complexity index is 206. The van der Waals surface area contributed by atoms with Gasteiger partial charge in [-0.3, -0.25) is 0 Å². The summed E-state index contributed by atoms with van der Waals surface area (Å²) in [7, 11) is 4.00. The molecule has 3 nitrogen and oxygen atoms in total. The summed E-state index contributed by atoms with van der Waals surface area (Å²) < 4.78 is 5.42. The first kappa shape index (κ1) is 13.9. The molecule has 0 saturated carbocycles. The van der Waals surface area contributed by atoms with E-state index in [0.717, 1.165) is 12.5 Å². The Hall–Kier alpha value is -0.120. The number of hydrogen-bond donors (Lipinski definition) is 1. The second-order valence-corrected chi connectivity index (χ2v) is 5.80. The fourth-order valence-corrected chi connectivity index (χ4v) is 2.26. The van der Waals surface area contributed by atoms with Gasteiger partial charge in [0.1, 0.15) is 0 Å². The predicted octanol–water partition coefficient (Wildman–Crippen LogP) is 1.73. The van der Waals surface area contributed by atoms with Gasteiger partial charge in [0.25, 0.3) is 0 Å². The van der Waals surface area contributed by atoms with E-state index in [4.69, 9.17) is 4.74 Å². The van der Waals surface area contributed by atoms with E-state index in [2.05, 4.69) is 38.0 Å². The second-order valence-electron chi connectivity index (χ2n) is 5.80. The summed E-state index contributed by atoms with van der Waals surface area (Å²) in [6, 6.07) is 0.581. The first-order chi connectivity index (χ1) is 7.44. The van der Waals surface area contributed by atoms with Crippen molar-refractivity contribution >= 4 is 0 Å². The Balaban J connectivity index is 2.31. The summed E-state index contributed by atoms with van der Waals surface area (Å²) in [6.07, 6.45) is 2.69. The number of nitrogens with zero attached hydrogens (tertiary/aromatic N) is 1. The molecule has 3 heteroatoms. The highest BCUT2D eigenvalue weighted by atomic mass is 16.5. The summed E-state index contributed by atoms with van der Waals surface area (Å²) in [4.78, 5) is 2.44. The van der Waals surface area contributed by atoms with Gasteiger partial charge in [-0.25, -0.2) is 0 Å². The van der Waals surface area contributed by atoms with Gasteiger partial charge in [-0.2, -0.15) is 0 Å². The average Bonchev–Trinajstić information content (AvgIpc) is 2.26. The van der Waals surface area contributed by atoms with Crippen LogP contribution in [0, 0.1) is 5.92 Å². The molecular formula is C13H28N2O. The molecule has 1 rings (SSSR count). The van der Waals surface area contributed by atoms with Crippen molar-refractivity contribution in [3.05, 3.63) is 0 Å². The maximum Gasteiger partial charge on any atom is 0.0746 e. The summed E-state index contributed by atoms with van der Waals surface area (Å²) >= 11 is 0. The lowest BCUT2D eigenvalue weighted by Crippen LogP contribution is -2.47. The Labute approximate surface area is 101 Å². The van der Waals surface area contributed by atoms with Crippen molar-refractivity contribution in [1.82, 2.24) is 10.2 Å². The summed E-state index contributed by atoms with van der Waals surface area (Å²) in [5.74, 6) is 0.784. The minimum Gasteiger partial charge on any atom is -0.377 e. The quantitative estimate of drug-likeness (QED) is 0.775. The van der Waals surface area contributed by atoms with E-state index in [9.17, 15) is 0 Å². The zero-order valence-corrected chi connectivity index (χ0v) is 11.5. The smallest absolute Gasteiger partial charge is 0.0746 e. The van der Waals surface area contributed by atoms with Crippen molar-refractivity contribution in [2.24, 2.45) is 5.92 Å². The zero-order valence-electron chi connectivity index (χ0n) is 11.5. The third kappa shape index (κ3) is 4.40. The van der Waals surface area contributed by atoms with Gasteiger partial charge >= 0.3 is 0 Å². The zero-order chi connectivity index (χ0) is 12.2. The van der Waals surface area contributed by atoms with Crippen molar-refractivity contribution in [2.75, 3.05) is 33.8 Å². The van der Waals surface area contributed by atoms with Gasteiger partial charge in [0.2, 0.25) is 0 Å². The maximum absolute atomic E-state index is 5.42. The molecule has 0 spiro atoms. The molecule has 1 saturated heterocycles. The summed E-state index contributed by atoms with van der Waals surface area (Å²) in [5.41, 5.74) is -0.0607. The number of rotatable bonds is 5. The molecule has 2 atom stereocenters. The van der Waals surface area contributed by atoms with Gasteiger partial charge in [-0.15, -0.1) is 0 Å². The molecule has 0 bridgehead atoms. The van der Waals surface area contributed by atoms with Crippen LogP contribution in [-0.4, -0.2) is 50.3 Å². The molecule has 1 fully saturated rings. The lowest BCUT2D eigenvalue weighted by atomic mass is 9.91. The topological polar surface area (TPSA) is 24.5 Å². The number of likely N-dealkylation sites (tertiary alicyclic amines) is 1. The SMILES string of the molecule is COC(C)(C)CNC(C)C1CCCN(C)C1. The van der Waals surface area contributed by atoms with Gasteiger partial charge in [0.05, 0.1) is 5.60 Å². The molecule has 0 amide bonds. The normalized spacial score (nSPS) is 25.7. The largest absolute Gasteiger partial charge is 0.377 e. The highest BCUT2D eigenvalue weighted by molar-refractivity contribution is 4.81. The molecule has 0 radical (unpaired) electrons. The third-order valence-electron chi connectivity index (χ3n) is 3.77. The van der Waals surface area contributed by atoms with E-state index in [-0.39, 0.29) is 5.60 Å². The minimum absolute atomic E-state index is 0.0607. The van der Waals surface area contributed by atoms with Crippen LogP contribution in [0.4, 0.5) is 0 Å². The molecule has 1 N–H and O–H groups in total. The minimum atomic E-state index is -0.0607. The Morgan fingerprint density at radius 2 is 2.19 bits per heavy atom. The molecular weight excluding hydrogens is 200 g/mol. The van der Waals surface area contributed by atoms with Crippen LogP contribution in [0.3, 0.4) is 0 Å². The monoisotopic (exact) mass is 228 g/mol. The molecule has 0 aromatic heterocycles. The van der Waals surface area contributed by atoms with Crippen LogP contribution in [0.5, 0.6) is 0 Å². The van der Waals surface area contributed by atoms with Crippen LogP contribution < -0.4 is 5.32 Å². The van der Waals surface area contributed by atoms with E-state index in [1.54, 1.807) is 7.11 Å². The predicted molar refractivity (Wildman–Crippen MR) is 68.8 cm³/mol. The Morgan fingerprint density at radius 1 is 1.50 bits per heavy atom. The van der Waals surface area contributed by atoms with Crippen molar-refractivity contribution in [1.29, 1.82) is 0 Å². The molecule has 1 aliphatic heterocycles. The number of nitrogens with one attached hydrogen (secondary N) is 1. The van der Waals surface area contributed by atoms with Gasteiger partial charge < -0.3 is 15.0 Å². The van der Waals surface area contributed by atoms with Crippen LogP contribution in [0.2, 0.25) is 0 Å². The molecule has 0 aromatic rings. The number of hydrogen-bond acceptors (Lipinski definition) is 3. The van der Waals surface area contributed by atoms with E-state index >= 15 is 0 Å². The summed E-state index contributed by atoms with van der Waals surface area (Å²) in [5, 5.41) is 3.61. The lowest BCUT2D eigenvalue weighted by molar-refractivity contribution is 0.0185. The van der Waals surface area contributed by atoms with Crippen LogP contribution in [0.25, 0.3) is 0 Å². The Kier molecular flexibility index (Phi) is 5.22. The molecule has 0 aliphatic carbocycles. The van der Waals surface area contributed by atoms with Crippen molar-refractivity contribution in [3.63, 3.8) is 0 Å². The fraction of sp³-hybridized carbons (Fsp3) is 1.00. The van der Waals surface area contributed by atoms with Gasteiger partial charge in [-0.1, -0.05) is 0 Å². The first-order valence-corrected chi connectivity index (χ1v) is 6.42. The molecule has 16 heavy (non-hydrogen) atoms. The summed E-state index contributed by atoms with van der Waals surface area (Å²) in [6.45, 7) is 9.95.